The minimum atomic E-state index is -0.395. The van der Waals surface area contributed by atoms with Crippen LogP contribution in [-0.2, 0) is 6.54 Å². The van der Waals surface area contributed by atoms with E-state index in [9.17, 15) is 4.39 Å². The smallest absolute Gasteiger partial charge is 0.246 e. The Balaban J connectivity index is 0.00000320. The standard InChI is InChI=1S/C20H21ClFN5O2.HI/c1-13(28-17-9-4-3-8-16(17)22)11-24-20(23-2)25-12-18-26-19(27-29-18)14-6-5-7-15(21)10-14;/h3-10,13H,11-12H2,1-2H3,(H2,23,24,25);1H. The van der Waals surface area contributed by atoms with Crippen LogP contribution in [0.15, 0.2) is 58.0 Å². The molecular weight excluding hydrogens is 524 g/mol. The molecule has 1 atom stereocenters. The van der Waals surface area contributed by atoms with Gasteiger partial charge in [0, 0.05) is 17.6 Å². The Kier molecular flexibility index (Phi) is 9.31. The van der Waals surface area contributed by atoms with Gasteiger partial charge in [0.05, 0.1) is 13.1 Å². The van der Waals surface area contributed by atoms with Gasteiger partial charge in [-0.1, -0.05) is 41.0 Å². The van der Waals surface area contributed by atoms with E-state index in [2.05, 4.69) is 25.8 Å². The number of nitrogens with zero attached hydrogens (tertiary/aromatic N) is 3. The van der Waals surface area contributed by atoms with E-state index in [4.69, 9.17) is 20.9 Å². The lowest BCUT2D eigenvalue weighted by atomic mass is 10.2. The average Bonchev–Trinajstić information content (AvgIpc) is 3.19. The molecule has 0 spiro atoms. The lowest BCUT2D eigenvalue weighted by molar-refractivity contribution is 0.214. The van der Waals surface area contributed by atoms with Crippen molar-refractivity contribution in [2.45, 2.75) is 19.6 Å². The summed E-state index contributed by atoms with van der Waals surface area (Å²) in [7, 11) is 1.64. The molecule has 1 unspecified atom stereocenters. The Morgan fingerprint density at radius 1 is 1.23 bits per heavy atom. The molecule has 7 nitrogen and oxygen atoms in total. The minimum absolute atomic E-state index is 0. The lowest BCUT2D eigenvalue weighted by Gasteiger charge is -2.17. The molecule has 0 radical (unpaired) electrons. The molecule has 2 N–H and O–H groups in total. The highest BCUT2D eigenvalue weighted by atomic mass is 127. The normalized spacial score (nSPS) is 12.1. The van der Waals surface area contributed by atoms with E-state index in [1.54, 1.807) is 37.4 Å². The Labute approximate surface area is 196 Å². The van der Waals surface area contributed by atoms with Gasteiger partial charge in [-0.25, -0.2) is 4.39 Å². The lowest BCUT2D eigenvalue weighted by Crippen LogP contribution is -2.41. The molecule has 0 saturated heterocycles. The van der Waals surface area contributed by atoms with Crippen LogP contribution in [0.2, 0.25) is 5.02 Å². The van der Waals surface area contributed by atoms with Crippen molar-refractivity contribution >= 4 is 41.5 Å². The number of rotatable bonds is 7. The van der Waals surface area contributed by atoms with Crippen LogP contribution in [0.5, 0.6) is 5.75 Å². The van der Waals surface area contributed by atoms with Crippen molar-refractivity contribution in [3.8, 4) is 17.1 Å². The number of ether oxygens (including phenoxy) is 1. The van der Waals surface area contributed by atoms with E-state index in [1.807, 2.05) is 19.1 Å². The molecule has 1 heterocycles. The van der Waals surface area contributed by atoms with Gasteiger partial charge in [-0.15, -0.1) is 24.0 Å². The monoisotopic (exact) mass is 545 g/mol. The number of aromatic nitrogens is 2. The van der Waals surface area contributed by atoms with Crippen molar-refractivity contribution in [2.75, 3.05) is 13.6 Å². The summed E-state index contributed by atoms with van der Waals surface area (Å²) in [4.78, 5) is 8.47. The van der Waals surface area contributed by atoms with Crippen LogP contribution >= 0.6 is 35.6 Å². The fourth-order valence-electron chi connectivity index (χ4n) is 2.49. The van der Waals surface area contributed by atoms with Crippen LogP contribution in [-0.4, -0.2) is 35.8 Å². The Morgan fingerprint density at radius 2 is 2.03 bits per heavy atom. The number of benzene rings is 2. The second-order valence-electron chi connectivity index (χ2n) is 6.19. The number of halogens is 3. The molecule has 0 bridgehead atoms. The molecular formula is C20H22ClFIN5O2. The fraction of sp³-hybridized carbons (Fsp3) is 0.250. The van der Waals surface area contributed by atoms with Gasteiger partial charge in [0.25, 0.3) is 0 Å². The van der Waals surface area contributed by atoms with Crippen molar-refractivity contribution < 1.29 is 13.7 Å². The van der Waals surface area contributed by atoms with E-state index in [0.717, 1.165) is 5.56 Å². The summed E-state index contributed by atoms with van der Waals surface area (Å²) in [5, 5.41) is 10.7. The maximum absolute atomic E-state index is 13.7. The van der Waals surface area contributed by atoms with Crippen LogP contribution < -0.4 is 15.4 Å². The highest BCUT2D eigenvalue weighted by Crippen LogP contribution is 2.20. The number of hydrogen-bond acceptors (Lipinski definition) is 5. The first-order valence-electron chi connectivity index (χ1n) is 8.99. The molecule has 3 rings (SSSR count). The first kappa shape index (κ1) is 23.9. The third kappa shape index (κ3) is 6.84. The maximum Gasteiger partial charge on any atom is 0.246 e. The van der Waals surface area contributed by atoms with E-state index in [1.165, 1.54) is 6.07 Å². The molecule has 0 aliphatic heterocycles. The van der Waals surface area contributed by atoms with Gasteiger partial charge in [-0.3, -0.25) is 4.99 Å². The van der Waals surface area contributed by atoms with Crippen molar-refractivity contribution in [3.05, 3.63) is 65.3 Å². The van der Waals surface area contributed by atoms with Gasteiger partial charge in [-0.2, -0.15) is 4.98 Å². The van der Waals surface area contributed by atoms with Gasteiger partial charge in [0.15, 0.2) is 17.5 Å². The summed E-state index contributed by atoms with van der Waals surface area (Å²) >= 11 is 5.99. The van der Waals surface area contributed by atoms with E-state index < -0.39 is 5.82 Å². The SMILES string of the molecule is CN=C(NCc1nc(-c2cccc(Cl)c2)no1)NCC(C)Oc1ccccc1F.I. The van der Waals surface area contributed by atoms with Gasteiger partial charge in [0.2, 0.25) is 11.7 Å². The van der Waals surface area contributed by atoms with Crippen LogP contribution in [0.25, 0.3) is 11.4 Å². The molecule has 3 aromatic rings. The number of para-hydroxylation sites is 1. The zero-order chi connectivity index (χ0) is 20.6. The Bertz CT molecular complexity index is 985. The van der Waals surface area contributed by atoms with Crippen LogP contribution in [0.4, 0.5) is 4.39 Å². The summed E-state index contributed by atoms with van der Waals surface area (Å²) in [5.74, 6) is 1.20. The average molecular weight is 546 g/mol. The van der Waals surface area contributed by atoms with E-state index in [0.29, 0.717) is 29.2 Å². The van der Waals surface area contributed by atoms with Gasteiger partial charge >= 0.3 is 0 Å². The largest absolute Gasteiger partial charge is 0.486 e. The quantitative estimate of drug-likeness (QED) is 0.262. The molecule has 160 valence electrons. The first-order chi connectivity index (χ1) is 14.0. The summed E-state index contributed by atoms with van der Waals surface area (Å²) in [5.41, 5.74) is 0.772. The number of hydrogen-bond donors (Lipinski definition) is 2. The van der Waals surface area contributed by atoms with Gasteiger partial charge in [-0.05, 0) is 31.2 Å². The third-order valence-corrected chi connectivity index (χ3v) is 4.14. The molecule has 0 aliphatic rings. The van der Waals surface area contributed by atoms with E-state index >= 15 is 0 Å². The molecule has 10 heteroatoms. The molecule has 0 fully saturated rings. The first-order valence-corrected chi connectivity index (χ1v) is 9.37. The summed E-state index contributed by atoms with van der Waals surface area (Å²) < 4.78 is 24.5. The topological polar surface area (TPSA) is 84.6 Å². The van der Waals surface area contributed by atoms with Crippen LogP contribution in [0.3, 0.4) is 0 Å². The molecule has 1 aromatic heterocycles. The van der Waals surface area contributed by atoms with E-state index in [-0.39, 0.29) is 42.4 Å². The van der Waals surface area contributed by atoms with Crippen molar-refractivity contribution in [2.24, 2.45) is 4.99 Å². The van der Waals surface area contributed by atoms with Crippen molar-refractivity contribution in [3.63, 3.8) is 0 Å². The molecule has 0 aliphatic carbocycles. The number of aliphatic imine (C=N–C) groups is 1. The number of nitrogens with one attached hydrogen (secondary N) is 2. The second-order valence-corrected chi connectivity index (χ2v) is 6.62. The molecule has 0 amide bonds. The summed E-state index contributed by atoms with van der Waals surface area (Å²) in [6.45, 7) is 2.55. The third-order valence-electron chi connectivity index (χ3n) is 3.90. The summed E-state index contributed by atoms with van der Waals surface area (Å²) in [6.07, 6.45) is -0.275. The zero-order valence-corrected chi connectivity index (χ0v) is 19.5. The fourth-order valence-corrected chi connectivity index (χ4v) is 2.68. The highest BCUT2D eigenvalue weighted by Gasteiger charge is 2.11. The molecule has 0 saturated carbocycles. The predicted octanol–water partition coefficient (Wildman–Crippen LogP) is 4.28. The Morgan fingerprint density at radius 3 is 2.77 bits per heavy atom. The highest BCUT2D eigenvalue weighted by molar-refractivity contribution is 14.0. The zero-order valence-electron chi connectivity index (χ0n) is 16.4. The summed E-state index contributed by atoms with van der Waals surface area (Å²) in [6, 6.07) is 13.5. The minimum Gasteiger partial charge on any atom is -0.486 e. The van der Waals surface area contributed by atoms with Gasteiger partial charge < -0.3 is 19.9 Å². The Hall–Kier alpha value is -2.40. The maximum atomic E-state index is 13.7. The van der Waals surface area contributed by atoms with Gasteiger partial charge in [0.1, 0.15) is 6.10 Å². The predicted molar refractivity (Wildman–Crippen MR) is 125 cm³/mol. The van der Waals surface area contributed by atoms with Crippen LogP contribution in [0.1, 0.15) is 12.8 Å². The number of guanidine groups is 1. The van der Waals surface area contributed by atoms with Crippen LogP contribution in [0, 0.1) is 5.82 Å². The van der Waals surface area contributed by atoms with Crippen molar-refractivity contribution in [1.82, 2.24) is 20.8 Å². The second kappa shape index (κ2) is 11.7. The molecule has 2 aromatic carbocycles. The molecule has 30 heavy (non-hydrogen) atoms. The van der Waals surface area contributed by atoms with Crippen molar-refractivity contribution in [1.29, 1.82) is 0 Å².